The maximum Gasteiger partial charge on any atom is 0.264 e. The van der Waals surface area contributed by atoms with Crippen molar-refractivity contribution in [3.05, 3.63) is 119 Å². The number of benzene rings is 4. The molecule has 0 radical (unpaired) electrons. The van der Waals surface area contributed by atoms with Crippen molar-refractivity contribution in [3.8, 4) is 11.5 Å². The van der Waals surface area contributed by atoms with Crippen LogP contribution in [0.2, 0.25) is 5.02 Å². The number of carbonyl (C=O) groups is 2. The number of carbonyl (C=O) groups excluding carboxylic acids is 2. The lowest BCUT2D eigenvalue weighted by Crippen LogP contribution is -2.51. The van der Waals surface area contributed by atoms with E-state index in [1.54, 1.807) is 67.6 Å². The molecule has 0 aliphatic heterocycles. The van der Waals surface area contributed by atoms with Crippen LogP contribution in [0.3, 0.4) is 0 Å². The molecular weight excluding hydrogens is 598 g/mol. The van der Waals surface area contributed by atoms with Gasteiger partial charge >= 0.3 is 0 Å². The largest absolute Gasteiger partial charge is 0.457 e. The molecule has 4 rings (SSSR count). The van der Waals surface area contributed by atoms with E-state index in [0.717, 1.165) is 16.3 Å². The van der Waals surface area contributed by atoms with Crippen molar-refractivity contribution in [1.82, 2.24) is 10.2 Å². The van der Waals surface area contributed by atoms with Gasteiger partial charge in [-0.05, 0) is 86.5 Å². The Balaban J connectivity index is 1.70. The second kappa shape index (κ2) is 14.9. The first-order valence-electron chi connectivity index (χ1n) is 14.3. The molecule has 0 heterocycles. The summed E-state index contributed by atoms with van der Waals surface area (Å²) in [6, 6.07) is 28.2. The second-order valence-electron chi connectivity index (χ2n) is 10.4. The van der Waals surface area contributed by atoms with E-state index < -0.39 is 28.5 Å². The van der Waals surface area contributed by atoms with Crippen molar-refractivity contribution in [2.24, 2.45) is 0 Å². The summed E-state index contributed by atoms with van der Waals surface area (Å²) >= 11 is 6.20. The highest BCUT2D eigenvalue weighted by atomic mass is 35.5. The summed E-state index contributed by atoms with van der Waals surface area (Å²) in [6.45, 7) is 5.39. The molecule has 0 spiro atoms. The number of anilines is 1. The fourth-order valence-corrected chi connectivity index (χ4v) is 6.11. The molecular formula is C34H36ClN3O5S. The minimum atomic E-state index is -4.19. The third kappa shape index (κ3) is 8.39. The van der Waals surface area contributed by atoms with Crippen LogP contribution < -0.4 is 14.4 Å². The fourth-order valence-electron chi connectivity index (χ4n) is 4.48. The van der Waals surface area contributed by atoms with Crippen LogP contribution in [0.5, 0.6) is 11.5 Å². The lowest BCUT2D eigenvalue weighted by atomic mass is 10.1. The van der Waals surface area contributed by atoms with Gasteiger partial charge in [0.2, 0.25) is 11.8 Å². The Hall–Kier alpha value is -4.34. The molecule has 0 aliphatic rings. The third-order valence-corrected chi connectivity index (χ3v) is 8.97. The van der Waals surface area contributed by atoms with Crippen LogP contribution in [-0.4, -0.2) is 44.3 Å². The van der Waals surface area contributed by atoms with Gasteiger partial charge in [-0.3, -0.25) is 13.9 Å². The standard InChI is InChI=1S/C34H36ClN3O5S/c1-4-21-36-34(40)26(3)37(23-27-9-8-10-28(35)22-27)33(39)24-38(44(41,42)32-19-13-25(2)14-20-32)29-15-17-31(18-16-29)43-30-11-6-5-7-12-30/h5-20,22,26H,4,21,23-24H2,1-3H3,(H,36,40). The monoisotopic (exact) mass is 633 g/mol. The lowest BCUT2D eigenvalue weighted by molar-refractivity contribution is -0.139. The number of nitrogens with zero attached hydrogens (tertiary/aromatic N) is 2. The highest BCUT2D eigenvalue weighted by Crippen LogP contribution is 2.29. The Morgan fingerprint density at radius 2 is 1.55 bits per heavy atom. The summed E-state index contributed by atoms with van der Waals surface area (Å²) in [6.07, 6.45) is 0.729. The van der Waals surface area contributed by atoms with E-state index in [1.165, 1.54) is 17.0 Å². The van der Waals surface area contributed by atoms with E-state index in [4.69, 9.17) is 16.3 Å². The summed E-state index contributed by atoms with van der Waals surface area (Å²) in [4.78, 5) is 28.5. The molecule has 1 unspecified atom stereocenters. The number of halogens is 1. The van der Waals surface area contributed by atoms with Crippen LogP contribution in [0, 0.1) is 6.92 Å². The van der Waals surface area contributed by atoms with Gasteiger partial charge in [0.1, 0.15) is 24.1 Å². The molecule has 1 atom stereocenters. The maximum atomic E-state index is 14.1. The average molecular weight is 634 g/mol. The maximum absolute atomic E-state index is 14.1. The zero-order valence-electron chi connectivity index (χ0n) is 24.9. The predicted octanol–water partition coefficient (Wildman–Crippen LogP) is 6.58. The van der Waals surface area contributed by atoms with Crippen LogP contribution in [0.4, 0.5) is 5.69 Å². The predicted molar refractivity (Wildman–Crippen MR) is 173 cm³/mol. The number of ether oxygens (including phenoxy) is 1. The van der Waals surface area contributed by atoms with Gasteiger partial charge in [0.15, 0.2) is 0 Å². The van der Waals surface area contributed by atoms with Crippen LogP contribution >= 0.6 is 11.6 Å². The first kappa shape index (κ1) is 32.6. The van der Waals surface area contributed by atoms with Crippen molar-refractivity contribution in [3.63, 3.8) is 0 Å². The van der Waals surface area contributed by atoms with E-state index in [9.17, 15) is 18.0 Å². The Morgan fingerprint density at radius 1 is 0.886 bits per heavy atom. The van der Waals surface area contributed by atoms with Crippen LogP contribution in [0.15, 0.2) is 108 Å². The number of nitrogens with one attached hydrogen (secondary N) is 1. The van der Waals surface area contributed by atoms with Gasteiger partial charge < -0.3 is 15.0 Å². The molecule has 0 saturated heterocycles. The van der Waals surface area contributed by atoms with Gasteiger partial charge in [0.25, 0.3) is 10.0 Å². The number of hydrogen-bond acceptors (Lipinski definition) is 5. The zero-order valence-corrected chi connectivity index (χ0v) is 26.5. The van der Waals surface area contributed by atoms with E-state index in [2.05, 4.69) is 5.32 Å². The Kier molecular flexibility index (Phi) is 11.0. The molecule has 4 aromatic rings. The summed E-state index contributed by atoms with van der Waals surface area (Å²) in [7, 11) is -4.19. The number of rotatable bonds is 13. The number of hydrogen-bond donors (Lipinski definition) is 1. The van der Waals surface area contributed by atoms with E-state index in [-0.39, 0.29) is 23.0 Å². The molecule has 8 nitrogen and oxygen atoms in total. The van der Waals surface area contributed by atoms with Gasteiger partial charge in [-0.2, -0.15) is 0 Å². The normalized spacial score (nSPS) is 11.8. The molecule has 10 heteroatoms. The van der Waals surface area contributed by atoms with Crippen LogP contribution in [-0.2, 0) is 26.2 Å². The zero-order chi connectivity index (χ0) is 31.7. The van der Waals surface area contributed by atoms with E-state index in [1.807, 2.05) is 44.2 Å². The van der Waals surface area contributed by atoms with Crippen molar-refractivity contribution >= 4 is 39.1 Å². The van der Waals surface area contributed by atoms with E-state index in [0.29, 0.717) is 28.6 Å². The quantitative estimate of drug-likeness (QED) is 0.179. The van der Waals surface area contributed by atoms with Crippen molar-refractivity contribution in [2.75, 3.05) is 17.4 Å². The highest BCUT2D eigenvalue weighted by molar-refractivity contribution is 7.92. The van der Waals surface area contributed by atoms with Gasteiger partial charge in [-0.25, -0.2) is 8.42 Å². The Bertz CT molecular complexity index is 1660. The topological polar surface area (TPSA) is 96.0 Å². The SMILES string of the molecule is CCCNC(=O)C(C)N(Cc1cccc(Cl)c1)C(=O)CN(c1ccc(Oc2ccccc2)cc1)S(=O)(=O)c1ccc(C)cc1. The Labute approximate surface area is 264 Å². The van der Waals surface area contributed by atoms with Crippen molar-refractivity contribution < 1.29 is 22.7 Å². The molecule has 0 aliphatic carbocycles. The molecule has 0 saturated carbocycles. The lowest BCUT2D eigenvalue weighted by Gasteiger charge is -2.32. The summed E-state index contributed by atoms with van der Waals surface area (Å²) in [5.74, 6) is 0.247. The van der Waals surface area contributed by atoms with E-state index >= 15 is 0 Å². The fraction of sp³-hybridized carbons (Fsp3) is 0.235. The smallest absolute Gasteiger partial charge is 0.264 e. The molecule has 0 bridgehead atoms. The second-order valence-corrected chi connectivity index (χ2v) is 12.7. The minimum Gasteiger partial charge on any atom is -0.457 e. The first-order valence-corrected chi connectivity index (χ1v) is 16.1. The third-order valence-electron chi connectivity index (χ3n) is 6.95. The Morgan fingerprint density at radius 3 is 2.18 bits per heavy atom. The van der Waals surface area contributed by atoms with Crippen LogP contribution in [0.1, 0.15) is 31.4 Å². The molecule has 0 aromatic heterocycles. The first-order chi connectivity index (χ1) is 21.1. The summed E-state index contributed by atoms with van der Waals surface area (Å²) in [5.41, 5.74) is 1.87. The van der Waals surface area contributed by atoms with Crippen LogP contribution in [0.25, 0.3) is 0 Å². The van der Waals surface area contributed by atoms with Crippen molar-refractivity contribution in [2.45, 2.75) is 44.7 Å². The van der Waals surface area contributed by atoms with Gasteiger partial charge in [0, 0.05) is 18.1 Å². The molecule has 2 amide bonds. The summed E-state index contributed by atoms with van der Waals surface area (Å²) in [5, 5.41) is 3.32. The van der Waals surface area contributed by atoms with Crippen molar-refractivity contribution in [1.29, 1.82) is 0 Å². The molecule has 44 heavy (non-hydrogen) atoms. The summed E-state index contributed by atoms with van der Waals surface area (Å²) < 4.78 is 35.1. The number of amides is 2. The minimum absolute atomic E-state index is 0.0376. The molecule has 0 fully saturated rings. The molecule has 4 aromatic carbocycles. The number of sulfonamides is 1. The molecule has 230 valence electrons. The van der Waals surface area contributed by atoms with Gasteiger partial charge in [-0.1, -0.05) is 66.6 Å². The molecule has 1 N–H and O–H groups in total. The number of para-hydroxylation sites is 1. The average Bonchev–Trinajstić information content (AvgIpc) is 3.02. The van der Waals surface area contributed by atoms with Gasteiger partial charge in [0.05, 0.1) is 10.6 Å². The number of aryl methyl sites for hydroxylation is 1. The van der Waals surface area contributed by atoms with Gasteiger partial charge in [-0.15, -0.1) is 0 Å². The highest BCUT2D eigenvalue weighted by Gasteiger charge is 2.32.